The summed E-state index contributed by atoms with van der Waals surface area (Å²) in [7, 11) is 0. The molecule has 16 heavy (non-hydrogen) atoms. The summed E-state index contributed by atoms with van der Waals surface area (Å²) in [6.45, 7) is 2.29. The number of hydrogen-bond acceptors (Lipinski definition) is 4. The van der Waals surface area contributed by atoms with Crippen molar-refractivity contribution in [3.63, 3.8) is 0 Å². The third-order valence-electron chi connectivity index (χ3n) is 3.61. The molecule has 1 aromatic heterocycles. The minimum Gasteiger partial charge on any atom is -0.398 e. The van der Waals surface area contributed by atoms with Crippen molar-refractivity contribution in [2.24, 2.45) is 17.7 Å². The summed E-state index contributed by atoms with van der Waals surface area (Å²) in [6.07, 6.45) is 7.24. The molecule has 1 fully saturated rings. The number of pyridine rings is 1. The molecular weight excluding hydrogens is 200 g/mol. The molecule has 0 amide bonds. The van der Waals surface area contributed by atoms with E-state index in [9.17, 15) is 0 Å². The van der Waals surface area contributed by atoms with Crippen LogP contribution in [0, 0.1) is 11.8 Å². The quantitative estimate of drug-likeness (QED) is 0.534. The van der Waals surface area contributed by atoms with E-state index in [1.165, 1.54) is 19.3 Å². The maximum atomic E-state index is 5.96. The smallest absolute Gasteiger partial charge is 0.0523 e. The Morgan fingerprint density at radius 3 is 2.88 bits per heavy atom. The van der Waals surface area contributed by atoms with E-state index in [0.717, 1.165) is 17.2 Å². The molecule has 1 aliphatic carbocycles. The van der Waals surface area contributed by atoms with E-state index in [1.54, 1.807) is 6.20 Å². The fourth-order valence-corrected chi connectivity index (χ4v) is 2.71. The molecule has 4 nitrogen and oxygen atoms in total. The SMILES string of the molecule is CC1CCC(C(NN)c2cnccc2N)C1. The van der Waals surface area contributed by atoms with Crippen molar-refractivity contribution in [1.82, 2.24) is 10.4 Å². The predicted molar refractivity (Wildman–Crippen MR) is 65.2 cm³/mol. The van der Waals surface area contributed by atoms with Crippen LogP contribution in [0.3, 0.4) is 0 Å². The van der Waals surface area contributed by atoms with Gasteiger partial charge in [0.05, 0.1) is 6.04 Å². The minimum absolute atomic E-state index is 0.138. The number of nitrogens with two attached hydrogens (primary N) is 2. The van der Waals surface area contributed by atoms with Crippen molar-refractivity contribution in [3.8, 4) is 0 Å². The lowest BCUT2D eigenvalue weighted by atomic mass is 9.91. The van der Waals surface area contributed by atoms with E-state index in [2.05, 4.69) is 17.3 Å². The molecular formula is C12H20N4. The van der Waals surface area contributed by atoms with E-state index in [4.69, 9.17) is 11.6 Å². The number of nitrogens with zero attached hydrogens (tertiary/aromatic N) is 1. The normalized spacial score (nSPS) is 26.9. The second-order valence-corrected chi connectivity index (χ2v) is 4.83. The van der Waals surface area contributed by atoms with Crippen molar-refractivity contribution in [1.29, 1.82) is 0 Å². The molecule has 88 valence electrons. The Kier molecular flexibility index (Phi) is 3.41. The predicted octanol–water partition coefficient (Wildman–Crippen LogP) is 1.60. The Morgan fingerprint density at radius 2 is 2.31 bits per heavy atom. The third-order valence-corrected chi connectivity index (χ3v) is 3.61. The second-order valence-electron chi connectivity index (χ2n) is 4.83. The van der Waals surface area contributed by atoms with Crippen LogP contribution in [-0.4, -0.2) is 4.98 Å². The Bertz CT molecular complexity index is 353. The monoisotopic (exact) mass is 220 g/mol. The lowest BCUT2D eigenvalue weighted by Gasteiger charge is -2.24. The molecule has 0 aromatic carbocycles. The number of hydrazine groups is 1. The fraction of sp³-hybridized carbons (Fsp3) is 0.583. The van der Waals surface area contributed by atoms with Crippen LogP contribution in [0.1, 0.15) is 37.8 Å². The van der Waals surface area contributed by atoms with Gasteiger partial charge in [-0.05, 0) is 30.7 Å². The number of hydrogen-bond donors (Lipinski definition) is 3. The topological polar surface area (TPSA) is 77.0 Å². The lowest BCUT2D eigenvalue weighted by molar-refractivity contribution is 0.364. The van der Waals surface area contributed by atoms with Crippen molar-refractivity contribution >= 4 is 5.69 Å². The maximum Gasteiger partial charge on any atom is 0.0523 e. The van der Waals surface area contributed by atoms with Gasteiger partial charge in [0.2, 0.25) is 0 Å². The van der Waals surface area contributed by atoms with Crippen LogP contribution in [0.2, 0.25) is 0 Å². The molecule has 0 spiro atoms. The van der Waals surface area contributed by atoms with Crippen molar-refractivity contribution in [2.45, 2.75) is 32.2 Å². The first-order valence-electron chi connectivity index (χ1n) is 5.88. The van der Waals surface area contributed by atoms with E-state index in [0.29, 0.717) is 5.92 Å². The first-order valence-corrected chi connectivity index (χ1v) is 5.88. The average molecular weight is 220 g/mol. The molecule has 2 rings (SSSR count). The van der Waals surface area contributed by atoms with Crippen molar-refractivity contribution < 1.29 is 0 Å². The number of nitrogen functional groups attached to an aromatic ring is 1. The van der Waals surface area contributed by atoms with Crippen LogP contribution in [-0.2, 0) is 0 Å². The molecule has 0 radical (unpaired) electrons. The molecule has 0 saturated heterocycles. The lowest BCUT2D eigenvalue weighted by Crippen LogP contribution is -2.33. The third kappa shape index (κ3) is 2.18. The van der Waals surface area contributed by atoms with Crippen LogP contribution in [0.5, 0.6) is 0 Å². The van der Waals surface area contributed by atoms with Gasteiger partial charge in [-0.15, -0.1) is 0 Å². The standard InChI is InChI=1S/C12H20N4/c1-8-2-3-9(6-8)12(16-14)10-7-15-5-4-11(10)13/h4-5,7-9,12,16H,2-3,6,14H2,1H3,(H2,13,15). The number of rotatable bonds is 3. The average Bonchev–Trinajstić information content (AvgIpc) is 2.69. The first-order chi connectivity index (χ1) is 7.72. The van der Waals surface area contributed by atoms with Crippen LogP contribution >= 0.6 is 0 Å². The van der Waals surface area contributed by atoms with Gasteiger partial charge < -0.3 is 5.73 Å². The molecule has 4 heteroatoms. The summed E-state index contributed by atoms with van der Waals surface area (Å²) >= 11 is 0. The summed E-state index contributed by atoms with van der Waals surface area (Å²) in [6, 6.07) is 1.97. The van der Waals surface area contributed by atoms with Gasteiger partial charge in [-0.2, -0.15) is 0 Å². The zero-order chi connectivity index (χ0) is 11.5. The van der Waals surface area contributed by atoms with E-state index >= 15 is 0 Å². The van der Waals surface area contributed by atoms with Crippen LogP contribution in [0.4, 0.5) is 5.69 Å². The van der Waals surface area contributed by atoms with Gasteiger partial charge in [-0.25, -0.2) is 0 Å². The summed E-state index contributed by atoms with van der Waals surface area (Å²) in [4.78, 5) is 4.13. The van der Waals surface area contributed by atoms with Crippen molar-refractivity contribution in [2.75, 3.05) is 5.73 Å². The van der Waals surface area contributed by atoms with Crippen LogP contribution < -0.4 is 17.0 Å². The summed E-state index contributed by atoms with van der Waals surface area (Å²) in [5, 5.41) is 0. The zero-order valence-electron chi connectivity index (χ0n) is 9.69. The first kappa shape index (κ1) is 11.4. The minimum atomic E-state index is 0.138. The molecule has 1 heterocycles. The highest BCUT2D eigenvalue weighted by atomic mass is 15.2. The summed E-state index contributed by atoms with van der Waals surface area (Å²) in [5.74, 6) is 7.03. The Hall–Kier alpha value is -1.13. The highest BCUT2D eigenvalue weighted by Gasteiger charge is 2.30. The van der Waals surface area contributed by atoms with Gasteiger partial charge in [0, 0.05) is 23.6 Å². The Morgan fingerprint density at radius 1 is 1.50 bits per heavy atom. The highest BCUT2D eigenvalue weighted by Crippen LogP contribution is 2.39. The van der Waals surface area contributed by atoms with Crippen LogP contribution in [0.15, 0.2) is 18.5 Å². The van der Waals surface area contributed by atoms with Gasteiger partial charge in [-0.3, -0.25) is 16.3 Å². The number of aromatic nitrogens is 1. The zero-order valence-corrected chi connectivity index (χ0v) is 9.69. The fourth-order valence-electron chi connectivity index (χ4n) is 2.71. The number of anilines is 1. The maximum absolute atomic E-state index is 5.96. The molecule has 3 unspecified atom stereocenters. The second kappa shape index (κ2) is 4.80. The van der Waals surface area contributed by atoms with E-state index in [-0.39, 0.29) is 6.04 Å². The van der Waals surface area contributed by atoms with Crippen LogP contribution in [0.25, 0.3) is 0 Å². The summed E-state index contributed by atoms with van der Waals surface area (Å²) < 4.78 is 0. The largest absolute Gasteiger partial charge is 0.398 e. The van der Waals surface area contributed by atoms with E-state index < -0.39 is 0 Å². The highest BCUT2D eigenvalue weighted by molar-refractivity contribution is 5.46. The van der Waals surface area contributed by atoms with Gasteiger partial charge in [0.1, 0.15) is 0 Å². The molecule has 1 aromatic rings. The molecule has 5 N–H and O–H groups in total. The van der Waals surface area contributed by atoms with Gasteiger partial charge in [0.15, 0.2) is 0 Å². The van der Waals surface area contributed by atoms with Crippen molar-refractivity contribution in [3.05, 3.63) is 24.0 Å². The summed E-state index contributed by atoms with van der Waals surface area (Å²) in [5.41, 5.74) is 10.7. The Labute approximate surface area is 96.4 Å². The van der Waals surface area contributed by atoms with Gasteiger partial charge in [0.25, 0.3) is 0 Å². The molecule has 1 aliphatic rings. The van der Waals surface area contributed by atoms with Gasteiger partial charge >= 0.3 is 0 Å². The Balaban J connectivity index is 2.19. The van der Waals surface area contributed by atoms with E-state index in [1.807, 2.05) is 12.3 Å². The number of nitrogens with one attached hydrogen (secondary N) is 1. The molecule has 0 bridgehead atoms. The van der Waals surface area contributed by atoms with Gasteiger partial charge in [-0.1, -0.05) is 13.3 Å². The molecule has 3 atom stereocenters. The molecule has 0 aliphatic heterocycles. The molecule has 1 saturated carbocycles.